The van der Waals surface area contributed by atoms with Crippen LogP contribution in [0.5, 0.6) is 0 Å². The lowest BCUT2D eigenvalue weighted by atomic mass is 10.1. The molecule has 0 aliphatic carbocycles. The van der Waals surface area contributed by atoms with Crippen LogP contribution in [0.2, 0.25) is 0 Å². The largest absolute Gasteiger partial charge is 0.377 e. The Balaban J connectivity index is 2.58. The van der Waals surface area contributed by atoms with Gasteiger partial charge in [-0.1, -0.05) is 19.1 Å². The summed E-state index contributed by atoms with van der Waals surface area (Å²) in [7, 11) is 1.84. The number of rotatable bonds is 7. The average Bonchev–Trinajstić information content (AvgIpc) is 2.37. The molecule has 0 saturated carbocycles. The van der Waals surface area contributed by atoms with E-state index in [9.17, 15) is 4.79 Å². The van der Waals surface area contributed by atoms with Gasteiger partial charge in [0.1, 0.15) is 0 Å². The molecule has 1 unspecified atom stereocenters. The number of hydrogen-bond donors (Lipinski definition) is 2. The zero-order valence-electron chi connectivity index (χ0n) is 11.3. The van der Waals surface area contributed by atoms with Gasteiger partial charge in [0.05, 0.1) is 6.61 Å². The Morgan fingerprint density at radius 1 is 1.44 bits per heavy atom. The van der Waals surface area contributed by atoms with Gasteiger partial charge in [-0.25, -0.2) is 0 Å². The molecule has 0 fully saturated rings. The second-order valence-electron chi connectivity index (χ2n) is 4.29. The van der Waals surface area contributed by atoms with Crippen LogP contribution in [-0.4, -0.2) is 26.1 Å². The number of benzene rings is 1. The summed E-state index contributed by atoms with van der Waals surface area (Å²) in [5.41, 5.74) is 1.89. The van der Waals surface area contributed by atoms with Crippen LogP contribution >= 0.6 is 0 Å². The van der Waals surface area contributed by atoms with Crippen LogP contribution in [0.3, 0.4) is 0 Å². The first-order valence-corrected chi connectivity index (χ1v) is 6.29. The monoisotopic (exact) mass is 250 g/mol. The van der Waals surface area contributed by atoms with Crippen molar-refractivity contribution in [3.8, 4) is 0 Å². The minimum Gasteiger partial charge on any atom is -0.377 e. The molecule has 0 aliphatic heterocycles. The number of anilines is 1. The van der Waals surface area contributed by atoms with E-state index in [0.29, 0.717) is 19.8 Å². The molecule has 1 aromatic rings. The lowest BCUT2D eigenvalue weighted by Gasteiger charge is -2.12. The number of carbonyl (C=O) groups is 1. The van der Waals surface area contributed by atoms with Crippen molar-refractivity contribution in [1.82, 2.24) is 5.32 Å². The third-order valence-corrected chi connectivity index (χ3v) is 2.63. The predicted molar refractivity (Wildman–Crippen MR) is 73.5 cm³/mol. The first kappa shape index (κ1) is 14.7. The predicted octanol–water partition coefficient (Wildman–Crippen LogP) is 2.02. The van der Waals surface area contributed by atoms with Crippen LogP contribution in [0.25, 0.3) is 0 Å². The number of nitrogens with one attached hydrogen (secondary N) is 2. The quantitative estimate of drug-likeness (QED) is 0.778. The van der Waals surface area contributed by atoms with E-state index in [2.05, 4.69) is 10.6 Å². The second-order valence-corrected chi connectivity index (χ2v) is 4.29. The van der Waals surface area contributed by atoms with Gasteiger partial charge in [-0.2, -0.15) is 0 Å². The molecule has 0 bridgehead atoms. The molecule has 0 radical (unpaired) electrons. The fourth-order valence-electron chi connectivity index (χ4n) is 1.62. The molecule has 1 aromatic carbocycles. The van der Waals surface area contributed by atoms with Gasteiger partial charge in [0.15, 0.2) is 0 Å². The van der Waals surface area contributed by atoms with Crippen molar-refractivity contribution in [2.24, 2.45) is 5.92 Å². The summed E-state index contributed by atoms with van der Waals surface area (Å²) in [5, 5.41) is 5.90. The van der Waals surface area contributed by atoms with Crippen molar-refractivity contribution in [2.45, 2.75) is 20.5 Å². The van der Waals surface area contributed by atoms with Gasteiger partial charge in [-0.05, 0) is 31.7 Å². The lowest BCUT2D eigenvalue weighted by molar-refractivity contribution is -0.119. The third kappa shape index (κ3) is 4.85. The Morgan fingerprint density at radius 2 is 2.22 bits per heavy atom. The van der Waals surface area contributed by atoms with Crippen LogP contribution in [0, 0.1) is 5.92 Å². The fourth-order valence-corrected chi connectivity index (χ4v) is 1.62. The SMILES string of the molecule is CCOCc1cccc(NC(=O)C(C)CNC)c1. The van der Waals surface area contributed by atoms with Crippen LogP contribution in [0.4, 0.5) is 5.69 Å². The fraction of sp³-hybridized carbons (Fsp3) is 0.500. The van der Waals surface area contributed by atoms with E-state index >= 15 is 0 Å². The summed E-state index contributed by atoms with van der Waals surface area (Å²) >= 11 is 0. The molecule has 0 aliphatic rings. The summed E-state index contributed by atoms with van der Waals surface area (Å²) in [5.74, 6) is -0.0246. The third-order valence-electron chi connectivity index (χ3n) is 2.63. The highest BCUT2D eigenvalue weighted by Gasteiger charge is 2.11. The van der Waals surface area contributed by atoms with E-state index in [-0.39, 0.29) is 11.8 Å². The van der Waals surface area contributed by atoms with E-state index in [1.165, 1.54) is 0 Å². The topological polar surface area (TPSA) is 50.4 Å². The van der Waals surface area contributed by atoms with E-state index < -0.39 is 0 Å². The standard InChI is InChI=1S/C14H22N2O2/c1-4-18-10-12-6-5-7-13(8-12)16-14(17)11(2)9-15-3/h5-8,11,15H,4,9-10H2,1-3H3,(H,16,17). The van der Waals surface area contributed by atoms with Crippen LogP contribution in [-0.2, 0) is 16.1 Å². The van der Waals surface area contributed by atoms with Gasteiger partial charge in [0.2, 0.25) is 5.91 Å². The van der Waals surface area contributed by atoms with Gasteiger partial charge >= 0.3 is 0 Å². The minimum atomic E-state index is -0.0504. The summed E-state index contributed by atoms with van der Waals surface area (Å²) < 4.78 is 5.34. The number of ether oxygens (including phenoxy) is 1. The maximum absolute atomic E-state index is 11.8. The van der Waals surface area contributed by atoms with E-state index in [1.807, 2.05) is 45.2 Å². The van der Waals surface area contributed by atoms with Crippen molar-refractivity contribution in [3.05, 3.63) is 29.8 Å². The zero-order valence-corrected chi connectivity index (χ0v) is 11.3. The number of carbonyl (C=O) groups excluding carboxylic acids is 1. The van der Waals surface area contributed by atoms with Crippen molar-refractivity contribution in [2.75, 3.05) is 25.5 Å². The molecule has 4 nitrogen and oxygen atoms in total. The molecule has 0 heterocycles. The van der Waals surface area contributed by atoms with Crippen LogP contribution in [0.15, 0.2) is 24.3 Å². The molecule has 4 heteroatoms. The highest BCUT2D eigenvalue weighted by molar-refractivity contribution is 5.92. The van der Waals surface area contributed by atoms with Crippen molar-refractivity contribution in [1.29, 1.82) is 0 Å². The first-order valence-electron chi connectivity index (χ1n) is 6.29. The van der Waals surface area contributed by atoms with Crippen molar-refractivity contribution >= 4 is 11.6 Å². The summed E-state index contributed by atoms with van der Waals surface area (Å²) in [6.07, 6.45) is 0. The lowest BCUT2D eigenvalue weighted by Crippen LogP contribution is -2.28. The second kappa shape index (κ2) is 7.84. The van der Waals surface area contributed by atoms with Crippen molar-refractivity contribution < 1.29 is 9.53 Å². The molecule has 1 rings (SSSR count). The maximum Gasteiger partial charge on any atom is 0.228 e. The minimum absolute atomic E-state index is 0.0258. The smallest absolute Gasteiger partial charge is 0.228 e. The number of hydrogen-bond acceptors (Lipinski definition) is 3. The maximum atomic E-state index is 11.8. The Bertz CT molecular complexity index is 380. The summed E-state index contributed by atoms with van der Waals surface area (Å²) in [4.78, 5) is 11.8. The van der Waals surface area contributed by atoms with E-state index in [4.69, 9.17) is 4.74 Å². The number of amides is 1. The first-order chi connectivity index (χ1) is 8.67. The molecule has 1 atom stereocenters. The molecule has 0 saturated heterocycles. The molecule has 18 heavy (non-hydrogen) atoms. The Labute approximate surface area is 109 Å². The van der Waals surface area contributed by atoms with E-state index in [0.717, 1.165) is 11.3 Å². The van der Waals surface area contributed by atoms with Gasteiger partial charge in [-0.15, -0.1) is 0 Å². The van der Waals surface area contributed by atoms with Crippen LogP contribution < -0.4 is 10.6 Å². The zero-order chi connectivity index (χ0) is 13.4. The molecule has 100 valence electrons. The molecule has 2 N–H and O–H groups in total. The highest BCUT2D eigenvalue weighted by Crippen LogP contribution is 2.12. The van der Waals surface area contributed by atoms with Gasteiger partial charge in [0.25, 0.3) is 0 Å². The van der Waals surface area contributed by atoms with Gasteiger partial charge in [0, 0.05) is 24.8 Å². The van der Waals surface area contributed by atoms with Gasteiger partial charge in [-0.3, -0.25) is 4.79 Å². The van der Waals surface area contributed by atoms with Gasteiger partial charge < -0.3 is 15.4 Å². The Hall–Kier alpha value is -1.39. The highest BCUT2D eigenvalue weighted by atomic mass is 16.5. The molecular formula is C14H22N2O2. The van der Waals surface area contributed by atoms with Crippen molar-refractivity contribution in [3.63, 3.8) is 0 Å². The molecule has 0 spiro atoms. The summed E-state index contributed by atoms with van der Waals surface area (Å²) in [6, 6.07) is 7.74. The summed E-state index contributed by atoms with van der Waals surface area (Å²) in [6.45, 7) is 5.80. The normalized spacial score (nSPS) is 12.2. The molecule has 1 amide bonds. The average molecular weight is 250 g/mol. The van der Waals surface area contributed by atoms with Crippen LogP contribution in [0.1, 0.15) is 19.4 Å². The Morgan fingerprint density at radius 3 is 2.89 bits per heavy atom. The molecule has 0 aromatic heterocycles. The van der Waals surface area contributed by atoms with E-state index in [1.54, 1.807) is 0 Å². The Kier molecular flexibility index (Phi) is 6.39. The molecular weight excluding hydrogens is 228 g/mol.